The number of aromatic nitrogens is 3. The Bertz CT molecular complexity index is 884. The fraction of sp³-hybridized carbons (Fsp3) is 0.294. The molecule has 0 unspecified atom stereocenters. The van der Waals surface area contributed by atoms with Crippen LogP contribution in [0, 0.1) is 19.7 Å². The van der Waals surface area contributed by atoms with Gasteiger partial charge in [-0.15, -0.1) is 21.5 Å². The molecule has 0 radical (unpaired) electrons. The Balaban J connectivity index is 1.82. The summed E-state index contributed by atoms with van der Waals surface area (Å²) in [4.78, 5) is 1.23. The van der Waals surface area contributed by atoms with Crippen molar-refractivity contribution in [1.82, 2.24) is 14.8 Å². The lowest BCUT2D eigenvalue weighted by atomic mass is 10.0. The van der Waals surface area contributed by atoms with E-state index in [0.29, 0.717) is 19.6 Å². The monoisotopic (exact) mass is 329 g/mol. The molecular formula is C17H16FN3OS. The maximum absolute atomic E-state index is 13.5. The molecule has 1 aromatic carbocycles. The molecule has 3 aromatic rings. The van der Waals surface area contributed by atoms with E-state index in [1.807, 2.05) is 13.0 Å². The van der Waals surface area contributed by atoms with Crippen molar-refractivity contribution in [2.75, 3.05) is 0 Å². The van der Waals surface area contributed by atoms with Crippen molar-refractivity contribution in [3.8, 4) is 5.00 Å². The molecule has 23 heavy (non-hydrogen) atoms. The van der Waals surface area contributed by atoms with Gasteiger partial charge >= 0.3 is 0 Å². The van der Waals surface area contributed by atoms with Gasteiger partial charge in [0.15, 0.2) is 5.82 Å². The minimum absolute atomic E-state index is 0.199. The molecule has 0 aliphatic carbocycles. The van der Waals surface area contributed by atoms with Crippen LogP contribution in [0.2, 0.25) is 0 Å². The number of rotatable bonds is 2. The highest BCUT2D eigenvalue weighted by Gasteiger charge is 2.24. The molecule has 0 N–H and O–H groups in total. The van der Waals surface area contributed by atoms with Crippen molar-refractivity contribution in [3.63, 3.8) is 0 Å². The van der Waals surface area contributed by atoms with E-state index in [4.69, 9.17) is 4.74 Å². The Hall–Kier alpha value is -2.05. The first-order chi connectivity index (χ1) is 11.1. The minimum Gasteiger partial charge on any atom is -0.369 e. The summed E-state index contributed by atoms with van der Waals surface area (Å²) in [6, 6.07) is 6.78. The Morgan fingerprint density at radius 2 is 2.13 bits per heavy atom. The minimum atomic E-state index is -0.199. The van der Waals surface area contributed by atoms with E-state index in [2.05, 4.69) is 21.7 Å². The van der Waals surface area contributed by atoms with Crippen molar-refractivity contribution in [3.05, 3.63) is 63.3 Å². The molecule has 0 saturated heterocycles. The first-order valence-electron chi connectivity index (χ1n) is 7.48. The molecule has 0 bridgehead atoms. The average Bonchev–Trinajstić information content (AvgIpc) is 2.95. The third-order valence-electron chi connectivity index (χ3n) is 4.14. The number of hydrogen-bond donors (Lipinski definition) is 0. The normalized spacial score (nSPS) is 13.5. The van der Waals surface area contributed by atoms with Gasteiger partial charge in [0.1, 0.15) is 23.2 Å². The zero-order valence-electron chi connectivity index (χ0n) is 13.0. The smallest absolute Gasteiger partial charge is 0.164 e. The summed E-state index contributed by atoms with van der Waals surface area (Å²) in [6.07, 6.45) is 0.704. The van der Waals surface area contributed by atoms with Crippen molar-refractivity contribution < 1.29 is 9.13 Å². The zero-order chi connectivity index (χ0) is 16.0. The maximum Gasteiger partial charge on any atom is 0.164 e. The van der Waals surface area contributed by atoms with Gasteiger partial charge in [0, 0.05) is 10.4 Å². The first kappa shape index (κ1) is 14.5. The fourth-order valence-corrected chi connectivity index (χ4v) is 4.27. The van der Waals surface area contributed by atoms with Gasteiger partial charge in [0.25, 0.3) is 0 Å². The van der Waals surface area contributed by atoms with Gasteiger partial charge in [-0.3, -0.25) is 4.57 Å². The molecule has 4 rings (SSSR count). The molecule has 0 saturated carbocycles. The van der Waals surface area contributed by atoms with E-state index in [1.54, 1.807) is 23.5 Å². The van der Waals surface area contributed by atoms with Crippen LogP contribution < -0.4 is 0 Å². The van der Waals surface area contributed by atoms with Gasteiger partial charge in [-0.05, 0) is 43.5 Å². The van der Waals surface area contributed by atoms with Crippen LogP contribution in [0.5, 0.6) is 0 Å². The van der Waals surface area contributed by atoms with E-state index in [-0.39, 0.29) is 5.82 Å². The molecule has 0 fully saturated rings. The number of hydrogen-bond acceptors (Lipinski definition) is 4. The summed E-state index contributed by atoms with van der Waals surface area (Å²) in [5, 5.41) is 9.49. The van der Waals surface area contributed by atoms with Crippen molar-refractivity contribution in [1.29, 1.82) is 0 Å². The second-order valence-electron chi connectivity index (χ2n) is 5.72. The summed E-state index contributed by atoms with van der Waals surface area (Å²) in [6.45, 7) is 5.06. The van der Waals surface area contributed by atoms with Crippen LogP contribution in [0.15, 0.2) is 24.3 Å². The molecule has 4 nitrogen and oxygen atoms in total. The number of aryl methyl sites for hydroxylation is 2. The topological polar surface area (TPSA) is 39.9 Å². The van der Waals surface area contributed by atoms with Crippen LogP contribution in [0.3, 0.4) is 0 Å². The summed E-state index contributed by atoms with van der Waals surface area (Å²) in [7, 11) is 0. The standard InChI is InChI=1S/C17H16FN3OS/c1-10-14(7-12-4-3-5-13(18)6-12)15-8-22-9-16-20-19-11(2)21(16)17(15)23-10/h3-6H,7-9H2,1-2H3. The van der Waals surface area contributed by atoms with E-state index >= 15 is 0 Å². The van der Waals surface area contributed by atoms with E-state index in [0.717, 1.165) is 22.2 Å². The van der Waals surface area contributed by atoms with Crippen molar-refractivity contribution in [2.45, 2.75) is 33.5 Å². The molecule has 118 valence electrons. The Kier molecular flexibility index (Phi) is 3.50. The Labute approximate surface area is 137 Å². The number of ether oxygens (including phenoxy) is 1. The quantitative estimate of drug-likeness (QED) is 0.719. The largest absolute Gasteiger partial charge is 0.369 e. The lowest BCUT2D eigenvalue weighted by Gasteiger charge is -2.07. The van der Waals surface area contributed by atoms with Crippen molar-refractivity contribution in [2.24, 2.45) is 0 Å². The van der Waals surface area contributed by atoms with Crippen molar-refractivity contribution >= 4 is 11.3 Å². The number of nitrogens with zero attached hydrogens (tertiary/aromatic N) is 3. The molecule has 3 heterocycles. The summed E-state index contributed by atoms with van der Waals surface area (Å²) >= 11 is 1.72. The van der Waals surface area contributed by atoms with Gasteiger partial charge in [0.2, 0.25) is 0 Å². The maximum atomic E-state index is 13.5. The van der Waals surface area contributed by atoms with Crippen LogP contribution in [-0.4, -0.2) is 14.8 Å². The zero-order valence-corrected chi connectivity index (χ0v) is 13.8. The summed E-state index contributed by atoms with van der Waals surface area (Å²) in [5.74, 6) is 1.50. The highest BCUT2D eigenvalue weighted by atomic mass is 32.1. The van der Waals surface area contributed by atoms with Gasteiger partial charge in [0.05, 0.1) is 6.61 Å². The van der Waals surface area contributed by atoms with E-state index in [1.165, 1.54) is 22.1 Å². The molecule has 2 aromatic heterocycles. The summed E-state index contributed by atoms with van der Waals surface area (Å²) in [5.41, 5.74) is 3.36. The number of halogens is 1. The van der Waals surface area contributed by atoms with Gasteiger partial charge < -0.3 is 4.74 Å². The van der Waals surface area contributed by atoms with Crippen LogP contribution in [-0.2, 0) is 24.4 Å². The Morgan fingerprint density at radius 1 is 1.26 bits per heavy atom. The highest BCUT2D eigenvalue weighted by Crippen LogP contribution is 2.36. The van der Waals surface area contributed by atoms with Crippen LogP contribution in [0.4, 0.5) is 4.39 Å². The van der Waals surface area contributed by atoms with Crippen LogP contribution in [0.25, 0.3) is 5.00 Å². The van der Waals surface area contributed by atoms with Crippen LogP contribution >= 0.6 is 11.3 Å². The third kappa shape index (κ3) is 2.48. The summed E-state index contributed by atoms with van der Waals surface area (Å²) < 4.78 is 21.3. The molecule has 0 amide bonds. The number of thiophene rings is 1. The molecule has 6 heteroatoms. The average molecular weight is 329 g/mol. The number of benzene rings is 1. The Morgan fingerprint density at radius 3 is 2.96 bits per heavy atom. The number of fused-ring (bicyclic) bond motifs is 3. The van der Waals surface area contributed by atoms with Crippen LogP contribution in [0.1, 0.15) is 33.2 Å². The molecule has 1 aliphatic heterocycles. The molecule has 1 aliphatic rings. The lowest BCUT2D eigenvalue weighted by Crippen LogP contribution is -2.00. The predicted octanol–water partition coefficient (Wildman–Crippen LogP) is 3.71. The van der Waals surface area contributed by atoms with Gasteiger partial charge in [-0.1, -0.05) is 12.1 Å². The second-order valence-corrected chi connectivity index (χ2v) is 6.92. The fourth-order valence-electron chi connectivity index (χ4n) is 3.03. The van der Waals surface area contributed by atoms with E-state index in [9.17, 15) is 4.39 Å². The van der Waals surface area contributed by atoms with Gasteiger partial charge in [-0.25, -0.2) is 4.39 Å². The van der Waals surface area contributed by atoms with Gasteiger partial charge in [-0.2, -0.15) is 0 Å². The molecular weight excluding hydrogens is 313 g/mol. The highest BCUT2D eigenvalue weighted by molar-refractivity contribution is 7.14. The predicted molar refractivity (Wildman–Crippen MR) is 86.4 cm³/mol. The van der Waals surface area contributed by atoms with E-state index < -0.39 is 0 Å². The third-order valence-corrected chi connectivity index (χ3v) is 5.31. The molecule has 0 spiro atoms. The first-order valence-corrected chi connectivity index (χ1v) is 8.29. The molecule has 0 atom stereocenters. The second kappa shape index (κ2) is 5.54. The SMILES string of the molecule is Cc1sc2c(c1Cc1cccc(F)c1)COCc1nnc(C)n1-2. The lowest BCUT2D eigenvalue weighted by molar-refractivity contribution is 0.104.